The van der Waals surface area contributed by atoms with E-state index < -0.39 is 28.7 Å². The summed E-state index contributed by atoms with van der Waals surface area (Å²) in [6.45, 7) is 4.63. The molecular formula is C20H26ClF3N4O3. The minimum absolute atomic E-state index is 0.156. The SMILES string of the molecule is CN1C(=O)N(CCCN2CCOCC2)CC1C(=O)NCc1cccc(C(F)(F)F)c1Cl. The first kappa shape index (κ1) is 23.6. The van der Waals surface area contributed by atoms with Crippen molar-refractivity contribution in [3.63, 3.8) is 0 Å². The molecule has 0 aromatic heterocycles. The number of amides is 3. The van der Waals surface area contributed by atoms with Crippen LogP contribution in [0.5, 0.6) is 0 Å². The van der Waals surface area contributed by atoms with Crippen LogP contribution < -0.4 is 5.32 Å². The van der Waals surface area contributed by atoms with Crippen molar-refractivity contribution in [2.75, 3.05) is 53.0 Å². The molecular weight excluding hydrogens is 437 g/mol. The van der Waals surface area contributed by atoms with Crippen LogP contribution in [0.3, 0.4) is 0 Å². The first-order valence-corrected chi connectivity index (χ1v) is 10.5. The van der Waals surface area contributed by atoms with E-state index in [4.69, 9.17) is 16.3 Å². The van der Waals surface area contributed by atoms with Crippen LogP contribution in [0, 0.1) is 0 Å². The van der Waals surface area contributed by atoms with Gasteiger partial charge in [0.15, 0.2) is 0 Å². The van der Waals surface area contributed by atoms with Gasteiger partial charge in [0, 0.05) is 39.8 Å². The Labute approximate surface area is 184 Å². The zero-order chi connectivity index (χ0) is 22.6. The molecule has 0 aliphatic carbocycles. The zero-order valence-electron chi connectivity index (χ0n) is 17.3. The predicted molar refractivity (Wildman–Crippen MR) is 109 cm³/mol. The monoisotopic (exact) mass is 462 g/mol. The molecule has 2 heterocycles. The molecule has 31 heavy (non-hydrogen) atoms. The van der Waals surface area contributed by atoms with Crippen molar-refractivity contribution in [3.05, 3.63) is 34.3 Å². The average molecular weight is 463 g/mol. The summed E-state index contributed by atoms with van der Waals surface area (Å²) in [5, 5.41) is 2.17. The van der Waals surface area contributed by atoms with Crippen LogP contribution in [0.1, 0.15) is 17.5 Å². The van der Waals surface area contributed by atoms with Crippen molar-refractivity contribution in [3.8, 4) is 0 Å². The van der Waals surface area contributed by atoms with Crippen molar-refractivity contribution in [1.29, 1.82) is 0 Å². The van der Waals surface area contributed by atoms with Crippen molar-refractivity contribution in [2.45, 2.75) is 25.2 Å². The molecule has 2 aliphatic rings. The summed E-state index contributed by atoms with van der Waals surface area (Å²) >= 11 is 5.88. The molecule has 2 fully saturated rings. The number of morpholine rings is 1. The van der Waals surface area contributed by atoms with E-state index in [0.717, 1.165) is 32.1 Å². The molecule has 1 unspecified atom stereocenters. The Kier molecular flexibility index (Phi) is 7.66. The molecule has 172 valence electrons. The Morgan fingerprint density at radius 2 is 1.97 bits per heavy atom. The molecule has 0 spiro atoms. The highest BCUT2D eigenvalue weighted by Crippen LogP contribution is 2.36. The standard InChI is InChI=1S/C20H26ClF3N4O3/c1-26-16(13-28(19(26)30)7-3-6-27-8-10-31-11-9-27)18(29)25-12-14-4-2-5-15(17(14)21)20(22,23)24/h2,4-5,16H,3,6-13H2,1H3,(H,25,29). The molecule has 2 aliphatic heterocycles. The number of benzene rings is 1. The molecule has 3 rings (SSSR count). The molecule has 0 bridgehead atoms. The third-order valence-electron chi connectivity index (χ3n) is 5.58. The van der Waals surface area contributed by atoms with Gasteiger partial charge >= 0.3 is 12.2 Å². The minimum Gasteiger partial charge on any atom is -0.379 e. The summed E-state index contributed by atoms with van der Waals surface area (Å²) in [5.41, 5.74) is -0.778. The van der Waals surface area contributed by atoms with E-state index in [0.29, 0.717) is 19.8 Å². The van der Waals surface area contributed by atoms with Gasteiger partial charge in [0.05, 0.1) is 30.3 Å². The molecule has 11 heteroatoms. The van der Waals surface area contributed by atoms with Crippen molar-refractivity contribution in [1.82, 2.24) is 20.0 Å². The van der Waals surface area contributed by atoms with Crippen LogP contribution in [-0.4, -0.2) is 85.7 Å². The fourth-order valence-corrected chi connectivity index (χ4v) is 4.06. The molecule has 1 aromatic carbocycles. The molecule has 0 saturated carbocycles. The number of nitrogens with zero attached hydrogens (tertiary/aromatic N) is 3. The molecule has 0 radical (unpaired) electrons. The first-order chi connectivity index (χ1) is 14.7. The zero-order valence-corrected chi connectivity index (χ0v) is 18.0. The van der Waals surface area contributed by atoms with Gasteiger partial charge in [0.25, 0.3) is 0 Å². The van der Waals surface area contributed by atoms with Gasteiger partial charge in [0.1, 0.15) is 6.04 Å². The fourth-order valence-electron chi connectivity index (χ4n) is 3.76. The first-order valence-electron chi connectivity index (χ1n) is 10.1. The fraction of sp³-hybridized carbons (Fsp3) is 0.600. The number of carbonyl (C=O) groups excluding carboxylic acids is 2. The number of hydrogen-bond donors (Lipinski definition) is 1. The number of likely N-dealkylation sites (N-methyl/N-ethyl adjacent to an activating group) is 1. The number of ether oxygens (including phenoxy) is 1. The van der Waals surface area contributed by atoms with Crippen LogP contribution in [0.4, 0.5) is 18.0 Å². The van der Waals surface area contributed by atoms with Crippen molar-refractivity contribution < 1.29 is 27.5 Å². The van der Waals surface area contributed by atoms with Gasteiger partial charge in [-0.3, -0.25) is 9.69 Å². The van der Waals surface area contributed by atoms with Crippen LogP contribution in [-0.2, 0) is 22.3 Å². The number of alkyl halides is 3. The maximum absolute atomic E-state index is 13.0. The van der Waals surface area contributed by atoms with E-state index in [1.54, 1.807) is 11.9 Å². The molecule has 1 N–H and O–H groups in total. The van der Waals surface area contributed by atoms with Crippen LogP contribution >= 0.6 is 11.6 Å². The summed E-state index contributed by atoms with van der Waals surface area (Å²) in [7, 11) is 1.55. The Hall–Kier alpha value is -2.04. The number of urea groups is 1. The number of nitrogens with one attached hydrogen (secondary N) is 1. The van der Waals surface area contributed by atoms with Crippen LogP contribution in [0.2, 0.25) is 5.02 Å². The lowest BCUT2D eigenvalue weighted by molar-refractivity contribution is -0.137. The van der Waals surface area contributed by atoms with Gasteiger partial charge in [-0.2, -0.15) is 13.2 Å². The number of rotatable bonds is 7. The largest absolute Gasteiger partial charge is 0.417 e. The smallest absolute Gasteiger partial charge is 0.379 e. The van der Waals surface area contributed by atoms with E-state index in [1.165, 1.54) is 17.0 Å². The van der Waals surface area contributed by atoms with E-state index >= 15 is 0 Å². The van der Waals surface area contributed by atoms with Crippen LogP contribution in [0.15, 0.2) is 18.2 Å². The van der Waals surface area contributed by atoms with E-state index in [9.17, 15) is 22.8 Å². The molecule has 7 nitrogen and oxygen atoms in total. The van der Waals surface area contributed by atoms with Crippen molar-refractivity contribution in [2.24, 2.45) is 0 Å². The van der Waals surface area contributed by atoms with Gasteiger partial charge in [-0.05, 0) is 18.1 Å². The van der Waals surface area contributed by atoms with Gasteiger partial charge in [-0.1, -0.05) is 23.7 Å². The second-order valence-electron chi connectivity index (χ2n) is 7.66. The Balaban J connectivity index is 1.52. The van der Waals surface area contributed by atoms with Gasteiger partial charge in [0.2, 0.25) is 5.91 Å². The summed E-state index contributed by atoms with van der Waals surface area (Å²) < 4.78 is 44.3. The summed E-state index contributed by atoms with van der Waals surface area (Å²) in [6.07, 6.45) is -3.79. The second-order valence-corrected chi connectivity index (χ2v) is 8.04. The maximum atomic E-state index is 13.0. The number of carbonyl (C=O) groups is 2. The molecule has 1 aromatic rings. The Morgan fingerprint density at radius 3 is 2.65 bits per heavy atom. The lowest BCUT2D eigenvalue weighted by Crippen LogP contribution is -2.43. The van der Waals surface area contributed by atoms with Gasteiger partial charge in [-0.25, -0.2) is 4.79 Å². The quantitative estimate of drug-likeness (QED) is 0.676. The highest BCUT2D eigenvalue weighted by Gasteiger charge is 2.39. The summed E-state index contributed by atoms with van der Waals surface area (Å²) in [5.74, 6) is -0.431. The minimum atomic E-state index is -4.57. The normalized spacial score (nSPS) is 20.4. The molecule has 2 saturated heterocycles. The molecule has 3 amide bonds. The summed E-state index contributed by atoms with van der Waals surface area (Å²) in [4.78, 5) is 30.4. The third kappa shape index (κ3) is 5.81. The lowest BCUT2D eigenvalue weighted by Gasteiger charge is -2.27. The molecule has 1 atom stereocenters. The van der Waals surface area contributed by atoms with E-state index in [2.05, 4.69) is 10.2 Å². The topological polar surface area (TPSA) is 65.1 Å². The average Bonchev–Trinajstić information content (AvgIpc) is 3.01. The predicted octanol–water partition coefficient (Wildman–Crippen LogP) is 2.43. The lowest BCUT2D eigenvalue weighted by atomic mass is 10.1. The number of hydrogen-bond acceptors (Lipinski definition) is 4. The van der Waals surface area contributed by atoms with Crippen LogP contribution in [0.25, 0.3) is 0 Å². The van der Waals surface area contributed by atoms with Crippen molar-refractivity contribution >= 4 is 23.5 Å². The van der Waals surface area contributed by atoms with E-state index in [1.807, 2.05) is 0 Å². The number of halogens is 4. The Bertz CT molecular complexity index is 802. The maximum Gasteiger partial charge on any atom is 0.417 e. The third-order valence-corrected chi connectivity index (χ3v) is 6.03. The van der Waals surface area contributed by atoms with Gasteiger partial charge in [-0.15, -0.1) is 0 Å². The summed E-state index contributed by atoms with van der Waals surface area (Å²) in [6, 6.07) is 2.63. The Morgan fingerprint density at radius 1 is 1.26 bits per heavy atom. The highest BCUT2D eigenvalue weighted by molar-refractivity contribution is 6.32. The second kappa shape index (κ2) is 10.1. The highest BCUT2D eigenvalue weighted by atomic mass is 35.5. The van der Waals surface area contributed by atoms with Gasteiger partial charge < -0.3 is 19.9 Å². The van der Waals surface area contributed by atoms with E-state index in [-0.39, 0.29) is 24.7 Å².